The van der Waals surface area contributed by atoms with Gasteiger partial charge in [0.05, 0.1) is 7.11 Å². The number of ether oxygens (including phenoxy) is 1. The zero-order valence-corrected chi connectivity index (χ0v) is 13.1. The summed E-state index contributed by atoms with van der Waals surface area (Å²) in [6.07, 6.45) is 0. The summed E-state index contributed by atoms with van der Waals surface area (Å²) in [5, 5.41) is 3.52. The molecule has 2 atom stereocenters. The molecule has 1 fully saturated rings. The quantitative estimate of drug-likeness (QED) is 0.923. The van der Waals surface area contributed by atoms with Gasteiger partial charge in [0, 0.05) is 31.7 Å². The van der Waals surface area contributed by atoms with Crippen LogP contribution in [0.3, 0.4) is 0 Å². The van der Waals surface area contributed by atoms with Gasteiger partial charge in [-0.2, -0.15) is 0 Å². The van der Waals surface area contributed by atoms with Crippen LogP contribution in [-0.4, -0.2) is 37.2 Å². The summed E-state index contributed by atoms with van der Waals surface area (Å²) in [6, 6.07) is 7.66. The maximum absolute atomic E-state index is 5.30. The van der Waals surface area contributed by atoms with E-state index in [9.17, 15) is 0 Å². The van der Waals surface area contributed by atoms with Crippen LogP contribution in [0.2, 0.25) is 0 Å². The predicted octanol–water partition coefficient (Wildman–Crippen LogP) is 2.61. The van der Waals surface area contributed by atoms with Gasteiger partial charge in [-0.1, -0.05) is 12.1 Å². The lowest BCUT2D eigenvalue weighted by Crippen LogP contribution is -2.53. The van der Waals surface area contributed by atoms with Crippen LogP contribution >= 0.6 is 12.4 Å². The molecule has 1 aliphatic heterocycles. The van der Waals surface area contributed by atoms with Crippen molar-refractivity contribution in [1.29, 1.82) is 0 Å². The zero-order valence-electron chi connectivity index (χ0n) is 12.3. The van der Waals surface area contributed by atoms with Crippen LogP contribution in [0.15, 0.2) is 18.2 Å². The van der Waals surface area contributed by atoms with Gasteiger partial charge in [0.15, 0.2) is 0 Å². The highest BCUT2D eigenvalue weighted by molar-refractivity contribution is 5.85. The van der Waals surface area contributed by atoms with E-state index >= 15 is 0 Å². The highest BCUT2D eigenvalue weighted by Gasteiger charge is 2.22. The molecule has 1 aromatic rings. The second-order valence-electron chi connectivity index (χ2n) is 5.39. The fourth-order valence-electron chi connectivity index (χ4n) is 2.59. The molecule has 2 rings (SSSR count). The number of hydrogen-bond acceptors (Lipinski definition) is 3. The number of nitrogens with zero attached hydrogens (tertiary/aromatic N) is 1. The van der Waals surface area contributed by atoms with Gasteiger partial charge in [-0.3, -0.25) is 4.90 Å². The number of nitrogens with one attached hydrogen (secondary N) is 1. The fraction of sp³-hybridized carbons (Fsp3) is 0.600. The molecule has 3 nitrogen and oxygen atoms in total. The monoisotopic (exact) mass is 284 g/mol. The van der Waals surface area contributed by atoms with Gasteiger partial charge in [-0.05, 0) is 38.0 Å². The summed E-state index contributed by atoms with van der Waals surface area (Å²) in [4.78, 5) is 2.54. The molecule has 2 unspecified atom stereocenters. The second kappa shape index (κ2) is 7.13. The Morgan fingerprint density at radius 3 is 2.74 bits per heavy atom. The molecule has 1 saturated heterocycles. The Bertz CT molecular complexity index is 411. The molecule has 0 aromatic heterocycles. The number of rotatable bonds is 3. The molecule has 0 aliphatic carbocycles. The molecular weight excluding hydrogens is 260 g/mol. The van der Waals surface area contributed by atoms with Crippen molar-refractivity contribution in [2.45, 2.75) is 39.4 Å². The fourth-order valence-corrected chi connectivity index (χ4v) is 2.59. The zero-order chi connectivity index (χ0) is 13.1. The first-order valence-corrected chi connectivity index (χ1v) is 6.71. The summed E-state index contributed by atoms with van der Waals surface area (Å²) in [5.41, 5.74) is 2.58. The van der Waals surface area contributed by atoms with Crippen molar-refractivity contribution < 1.29 is 4.74 Å². The number of hydrogen-bond donors (Lipinski definition) is 1. The molecule has 1 heterocycles. The van der Waals surface area contributed by atoms with E-state index in [0.29, 0.717) is 12.1 Å². The van der Waals surface area contributed by atoms with Gasteiger partial charge in [-0.25, -0.2) is 0 Å². The van der Waals surface area contributed by atoms with Gasteiger partial charge in [0.1, 0.15) is 5.75 Å². The standard InChI is InChI=1S/C15H24N2O.ClH/c1-11-7-14(5-6-15(11)18-4)10-17-9-12(2)16-8-13(17)3;/h5-7,12-13,16H,8-10H2,1-4H3;1H. The van der Waals surface area contributed by atoms with Crippen LogP contribution in [-0.2, 0) is 6.54 Å². The van der Waals surface area contributed by atoms with E-state index in [0.717, 1.165) is 25.4 Å². The third-order valence-corrected chi connectivity index (χ3v) is 3.74. The SMILES string of the molecule is COc1ccc(CN2CC(C)NCC2C)cc1C.Cl. The maximum Gasteiger partial charge on any atom is 0.121 e. The molecule has 0 radical (unpaired) electrons. The minimum Gasteiger partial charge on any atom is -0.496 e. The molecule has 1 aliphatic rings. The number of methoxy groups -OCH3 is 1. The number of piperazine rings is 1. The first kappa shape index (κ1) is 16.3. The Balaban J connectivity index is 0.00000180. The summed E-state index contributed by atoms with van der Waals surface area (Å²) < 4.78 is 5.30. The van der Waals surface area contributed by atoms with Crippen molar-refractivity contribution >= 4 is 12.4 Å². The Hall–Kier alpha value is -0.770. The van der Waals surface area contributed by atoms with Gasteiger partial charge in [0.2, 0.25) is 0 Å². The second-order valence-corrected chi connectivity index (χ2v) is 5.39. The van der Waals surface area contributed by atoms with E-state index in [1.807, 2.05) is 0 Å². The van der Waals surface area contributed by atoms with Crippen LogP contribution in [0.25, 0.3) is 0 Å². The van der Waals surface area contributed by atoms with Crippen LogP contribution in [0.5, 0.6) is 5.75 Å². The molecule has 0 amide bonds. The highest BCUT2D eigenvalue weighted by Crippen LogP contribution is 2.20. The van der Waals surface area contributed by atoms with Gasteiger partial charge < -0.3 is 10.1 Å². The van der Waals surface area contributed by atoms with Crippen molar-refractivity contribution in [3.05, 3.63) is 29.3 Å². The topological polar surface area (TPSA) is 24.5 Å². The summed E-state index contributed by atoms with van der Waals surface area (Å²) in [7, 11) is 1.72. The Labute approximate surface area is 122 Å². The first-order valence-electron chi connectivity index (χ1n) is 6.71. The minimum absolute atomic E-state index is 0. The molecule has 19 heavy (non-hydrogen) atoms. The van der Waals surface area contributed by atoms with E-state index in [2.05, 4.69) is 49.2 Å². The first-order chi connectivity index (χ1) is 8.60. The lowest BCUT2D eigenvalue weighted by molar-refractivity contribution is 0.139. The number of benzene rings is 1. The van der Waals surface area contributed by atoms with Crippen molar-refractivity contribution in [3.63, 3.8) is 0 Å². The largest absolute Gasteiger partial charge is 0.496 e. The average Bonchev–Trinajstić information content (AvgIpc) is 2.34. The van der Waals surface area contributed by atoms with Crippen molar-refractivity contribution in [2.75, 3.05) is 20.2 Å². The Morgan fingerprint density at radius 2 is 2.11 bits per heavy atom. The van der Waals surface area contributed by atoms with Crippen molar-refractivity contribution in [2.24, 2.45) is 0 Å². The van der Waals surface area contributed by atoms with Gasteiger partial charge in [-0.15, -0.1) is 12.4 Å². The molecule has 0 bridgehead atoms. The van der Waals surface area contributed by atoms with Gasteiger partial charge >= 0.3 is 0 Å². The average molecular weight is 285 g/mol. The molecule has 1 aromatic carbocycles. The van der Waals surface area contributed by atoms with Crippen LogP contribution < -0.4 is 10.1 Å². The van der Waals surface area contributed by atoms with E-state index in [-0.39, 0.29) is 12.4 Å². The Morgan fingerprint density at radius 1 is 1.37 bits per heavy atom. The van der Waals surface area contributed by atoms with Crippen LogP contribution in [0.1, 0.15) is 25.0 Å². The smallest absolute Gasteiger partial charge is 0.121 e. The molecule has 4 heteroatoms. The molecule has 1 N–H and O–H groups in total. The van der Waals surface area contributed by atoms with E-state index < -0.39 is 0 Å². The van der Waals surface area contributed by atoms with Crippen molar-refractivity contribution in [3.8, 4) is 5.75 Å². The van der Waals surface area contributed by atoms with Gasteiger partial charge in [0.25, 0.3) is 0 Å². The van der Waals surface area contributed by atoms with Crippen molar-refractivity contribution in [1.82, 2.24) is 10.2 Å². The lowest BCUT2D eigenvalue weighted by atomic mass is 10.1. The summed E-state index contributed by atoms with van der Waals surface area (Å²) in [6.45, 7) is 9.86. The summed E-state index contributed by atoms with van der Waals surface area (Å²) in [5.74, 6) is 0.973. The maximum atomic E-state index is 5.30. The van der Waals surface area contributed by atoms with Crippen LogP contribution in [0, 0.1) is 6.92 Å². The van der Waals surface area contributed by atoms with E-state index in [4.69, 9.17) is 4.74 Å². The molecule has 108 valence electrons. The lowest BCUT2D eigenvalue weighted by Gasteiger charge is -2.37. The predicted molar refractivity (Wildman–Crippen MR) is 82.3 cm³/mol. The summed E-state index contributed by atoms with van der Waals surface area (Å²) >= 11 is 0. The minimum atomic E-state index is 0. The molecule has 0 saturated carbocycles. The van der Waals surface area contributed by atoms with E-state index in [1.54, 1.807) is 7.11 Å². The molecular formula is C15H25ClN2O. The third kappa shape index (κ3) is 4.10. The number of halogens is 1. The Kier molecular flexibility index (Phi) is 6.11. The van der Waals surface area contributed by atoms with Crippen LogP contribution in [0.4, 0.5) is 0 Å². The normalized spacial score (nSPS) is 23.8. The molecule has 0 spiro atoms. The third-order valence-electron chi connectivity index (χ3n) is 3.74. The highest BCUT2D eigenvalue weighted by atomic mass is 35.5. The van der Waals surface area contributed by atoms with E-state index in [1.165, 1.54) is 11.1 Å². The number of aryl methyl sites for hydroxylation is 1.